The molecule has 2 amide bonds. The van der Waals surface area contributed by atoms with E-state index in [1.54, 1.807) is 6.07 Å². The van der Waals surface area contributed by atoms with Crippen LogP contribution in [-0.4, -0.2) is 30.4 Å². The van der Waals surface area contributed by atoms with Crippen LogP contribution in [0.25, 0.3) is 0 Å². The molecule has 0 spiro atoms. The van der Waals surface area contributed by atoms with Crippen LogP contribution >= 0.6 is 23.2 Å². The van der Waals surface area contributed by atoms with Gasteiger partial charge in [0.05, 0.1) is 10.6 Å². The number of rotatable bonds is 9. The van der Waals surface area contributed by atoms with Crippen molar-refractivity contribution in [3.05, 3.63) is 106 Å². The van der Waals surface area contributed by atoms with Crippen molar-refractivity contribution in [2.45, 2.75) is 24.9 Å². The van der Waals surface area contributed by atoms with Crippen LogP contribution in [-0.2, 0) is 17.6 Å². The highest BCUT2D eigenvalue weighted by molar-refractivity contribution is 6.36. The summed E-state index contributed by atoms with van der Waals surface area (Å²) in [4.78, 5) is 25.8. The maximum absolute atomic E-state index is 13.0. The van der Waals surface area contributed by atoms with Crippen LogP contribution in [0.5, 0.6) is 0 Å². The molecule has 7 heteroatoms. The maximum atomic E-state index is 13.0. The lowest BCUT2D eigenvalue weighted by molar-refractivity contribution is -0.123. The Morgan fingerprint density at radius 3 is 2.03 bits per heavy atom. The minimum absolute atomic E-state index is 0.221. The zero-order chi connectivity index (χ0) is 22.9. The molecule has 0 saturated heterocycles. The van der Waals surface area contributed by atoms with E-state index >= 15 is 0 Å². The van der Waals surface area contributed by atoms with Crippen LogP contribution in [0.3, 0.4) is 0 Å². The Kier molecular flexibility index (Phi) is 8.68. The first-order chi connectivity index (χ1) is 15.4. The lowest BCUT2D eigenvalue weighted by Crippen LogP contribution is -2.50. The van der Waals surface area contributed by atoms with Crippen molar-refractivity contribution < 1.29 is 9.59 Å². The Bertz CT molecular complexity index is 1050. The Balaban J connectivity index is 1.67. The molecule has 0 aromatic heterocycles. The molecule has 0 aliphatic rings. The molecule has 3 rings (SSSR count). The molecule has 0 bridgehead atoms. The summed E-state index contributed by atoms with van der Waals surface area (Å²) in [5, 5.41) is 6.32. The third kappa shape index (κ3) is 7.09. The van der Waals surface area contributed by atoms with Crippen molar-refractivity contribution >= 4 is 35.0 Å². The van der Waals surface area contributed by atoms with E-state index in [1.165, 1.54) is 12.1 Å². The average Bonchev–Trinajstić information content (AvgIpc) is 2.78. The monoisotopic (exact) mass is 469 g/mol. The molecule has 0 unspecified atom stereocenters. The minimum Gasteiger partial charge on any atom is -0.353 e. The van der Waals surface area contributed by atoms with Crippen LogP contribution in [0.4, 0.5) is 0 Å². The first kappa shape index (κ1) is 23.8. The molecule has 0 heterocycles. The molecule has 0 aliphatic carbocycles. The number of carbonyl (C=O) groups excluding carboxylic acids is 2. The van der Waals surface area contributed by atoms with Gasteiger partial charge in [0.1, 0.15) is 6.04 Å². The first-order valence-electron chi connectivity index (χ1n) is 10.3. The van der Waals surface area contributed by atoms with Gasteiger partial charge in [-0.25, -0.2) is 0 Å². The average molecular weight is 470 g/mol. The highest BCUT2D eigenvalue weighted by atomic mass is 35.5. The highest BCUT2D eigenvalue weighted by Gasteiger charge is 2.23. The minimum atomic E-state index is -0.791. The van der Waals surface area contributed by atoms with E-state index in [2.05, 4.69) is 10.6 Å². The molecule has 32 heavy (non-hydrogen) atoms. The zero-order valence-electron chi connectivity index (χ0n) is 17.4. The van der Waals surface area contributed by atoms with Crippen LogP contribution in [0, 0.1) is 0 Å². The summed E-state index contributed by atoms with van der Waals surface area (Å²) >= 11 is 12.1. The summed E-state index contributed by atoms with van der Waals surface area (Å²) in [5.74, 6) is -0.757. The van der Waals surface area contributed by atoms with Crippen molar-refractivity contribution in [1.29, 1.82) is 0 Å². The summed E-state index contributed by atoms with van der Waals surface area (Å²) in [6, 6.07) is 22.9. The molecule has 0 radical (unpaired) electrons. The Morgan fingerprint density at radius 1 is 0.844 bits per heavy atom. The van der Waals surface area contributed by atoms with Crippen LogP contribution < -0.4 is 16.4 Å². The number of carbonyl (C=O) groups is 2. The predicted octanol–water partition coefficient (Wildman–Crippen LogP) is 4.02. The van der Waals surface area contributed by atoms with Crippen molar-refractivity contribution in [2.24, 2.45) is 5.73 Å². The summed E-state index contributed by atoms with van der Waals surface area (Å²) in [7, 11) is 0. The van der Waals surface area contributed by atoms with Gasteiger partial charge in [0.25, 0.3) is 5.91 Å². The van der Waals surface area contributed by atoms with Gasteiger partial charge in [-0.15, -0.1) is 0 Å². The standard InChI is InChI=1S/C25H25Cl2N3O2/c26-19-11-12-21(22(27)15-19)24(31)30-23(14-18-9-5-2-6-10-18)25(32)29-16-20(28)13-17-7-3-1-4-8-17/h1-12,15,20,23H,13-14,16,28H2,(H,29,32)(H,30,31)/t20-,23+/m1/s1. The van der Waals surface area contributed by atoms with Gasteiger partial charge in [-0.3, -0.25) is 9.59 Å². The lowest BCUT2D eigenvalue weighted by atomic mass is 10.0. The molecule has 3 aromatic carbocycles. The molecule has 0 aliphatic heterocycles. The van der Waals surface area contributed by atoms with Gasteiger partial charge in [0.15, 0.2) is 0 Å². The molecule has 2 atom stereocenters. The summed E-state index contributed by atoms with van der Waals surface area (Å²) in [6.45, 7) is 0.288. The smallest absolute Gasteiger partial charge is 0.253 e. The van der Waals surface area contributed by atoms with Crippen molar-refractivity contribution in [3.63, 3.8) is 0 Å². The Hall–Kier alpha value is -2.86. The third-order valence-electron chi connectivity index (χ3n) is 4.96. The number of halogens is 2. The fourth-order valence-electron chi connectivity index (χ4n) is 3.31. The molecule has 0 saturated carbocycles. The fraction of sp³-hybridized carbons (Fsp3) is 0.200. The summed E-state index contributed by atoms with van der Waals surface area (Å²) in [5.41, 5.74) is 8.47. The van der Waals surface area contributed by atoms with Crippen LogP contribution in [0.1, 0.15) is 21.5 Å². The first-order valence-corrected chi connectivity index (χ1v) is 11.0. The molecule has 4 N–H and O–H groups in total. The van der Waals surface area contributed by atoms with Gasteiger partial charge in [0.2, 0.25) is 5.91 Å². The number of amides is 2. The van der Waals surface area contributed by atoms with Gasteiger partial charge < -0.3 is 16.4 Å². The van der Waals surface area contributed by atoms with E-state index in [1.807, 2.05) is 60.7 Å². The number of hydrogen-bond acceptors (Lipinski definition) is 3. The van der Waals surface area contributed by atoms with Crippen molar-refractivity contribution in [3.8, 4) is 0 Å². The van der Waals surface area contributed by atoms with Crippen LogP contribution in [0.15, 0.2) is 78.9 Å². The van der Waals surface area contributed by atoms with Crippen LogP contribution in [0.2, 0.25) is 10.0 Å². The SMILES string of the molecule is N[C@@H](CNC(=O)[C@H](Cc1ccccc1)NC(=O)c1ccc(Cl)cc1Cl)Cc1ccccc1. The second-order valence-electron chi connectivity index (χ2n) is 7.53. The Labute approximate surface area is 197 Å². The van der Waals surface area contributed by atoms with E-state index < -0.39 is 11.9 Å². The van der Waals surface area contributed by atoms with Gasteiger partial charge in [0, 0.05) is 24.0 Å². The quantitative estimate of drug-likeness (QED) is 0.442. The molecule has 5 nitrogen and oxygen atoms in total. The molecule has 3 aromatic rings. The van der Waals surface area contributed by atoms with Gasteiger partial charge in [-0.05, 0) is 35.7 Å². The predicted molar refractivity (Wildman–Crippen MR) is 129 cm³/mol. The number of nitrogens with two attached hydrogens (primary N) is 1. The molecule has 0 fully saturated rings. The maximum Gasteiger partial charge on any atom is 0.253 e. The zero-order valence-corrected chi connectivity index (χ0v) is 18.9. The normalized spacial score (nSPS) is 12.6. The van der Waals surface area contributed by atoms with Gasteiger partial charge >= 0.3 is 0 Å². The molecule has 166 valence electrons. The van der Waals surface area contributed by atoms with Crippen molar-refractivity contribution in [2.75, 3.05) is 6.54 Å². The van der Waals surface area contributed by atoms with E-state index in [0.29, 0.717) is 17.9 Å². The number of nitrogens with one attached hydrogen (secondary N) is 2. The molecular formula is C25H25Cl2N3O2. The largest absolute Gasteiger partial charge is 0.353 e. The highest BCUT2D eigenvalue weighted by Crippen LogP contribution is 2.21. The number of hydrogen-bond donors (Lipinski definition) is 3. The van der Waals surface area contributed by atoms with E-state index in [0.717, 1.165) is 11.1 Å². The number of benzene rings is 3. The second kappa shape index (κ2) is 11.7. The summed E-state index contributed by atoms with van der Waals surface area (Å²) < 4.78 is 0. The van der Waals surface area contributed by atoms with E-state index in [-0.39, 0.29) is 29.1 Å². The topological polar surface area (TPSA) is 84.2 Å². The van der Waals surface area contributed by atoms with Crippen molar-refractivity contribution in [1.82, 2.24) is 10.6 Å². The fourth-order valence-corrected chi connectivity index (χ4v) is 3.81. The molecular weight excluding hydrogens is 445 g/mol. The van der Waals surface area contributed by atoms with E-state index in [9.17, 15) is 9.59 Å². The Morgan fingerprint density at radius 2 is 1.44 bits per heavy atom. The third-order valence-corrected chi connectivity index (χ3v) is 5.51. The van der Waals surface area contributed by atoms with Gasteiger partial charge in [-0.1, -0.05) is 83.9 Å². The lowest BCUT2D eigenvalue weighted by Gasteiger charge is -2.21. The summed E-state index contributed by atoms with van der Waals surface area (Å²) in [6.07, 6.45) is 0.967. The second-order valence-corrected chi connectivity index (χ2v) is 8.38. The van der Waals surface area contributed by atoms with E-state index in [4.69, 9.17) is 28.9 Å². The van der Waals surface area contributed by atoms with Gasteiger partial charge in [-0.2, -0.15) is 0 Å².